The molecule has 2 rings (SSSR count). The van der Waals surface area contributed by atoms with Crippen molar-refractivity contribution in [2.45, 2.75) is 12.3 Å². The number of benzene rings is 1. The van der Waals surface area contributed by atoms with Gasteiger partial charge in [-0.2, -0.15) is 0 Å². The molecule has 1 unspecified atom stereocenters. The highest BCUT2D eigenvalue weighted by molar-refractivity contribution is 9.10. The van der Waals surface area contributed by atoms with Gasteiger partial charge in [0.2, 0.25) is 5.89 Å². The molecule has 1 aromatic carbocycles. The van der Waals surface area contributed by atoms with Gasteiger partial charge in [0.1, 0.15) is 5.38 Å². The third kappa shape index (κ3) is 2.42. The third-order valence-electron chi connectivity index (χ3n) is 2.06. The van der Waals surface area contributed by atoms with E-state index in [1.165, 1.54) is 0 Å². The van der Waals surface area contributed by atoms with Crippen LogP contribution < -0.4 is 0 Å². The molecule has 0 spiro atoms. The van der Waals surface area contributed by atoms with Gasteiger partial charge in [-0.05, 0) is 25.1 Å². The Hall–Kier alpha value is -0.510. The molecule has 0 N–H and O–H groups in total. The molecule has 0 amide bonds. The van der Waals surface area contributed by atoms with E-state index in [1.54, 1.807) is 12.3 Å². The smallest absolute Gasteiger partial charge is 0.212 e. The van der Waals surface area contributed by atoms with E-state index in [2.05, 4.69) is 20.9 Å². The number of alkyl halides is 1. The van der Waals surface area contributed by atoms with E-state index >= 15 is 0 Å². The molecule has 2 nitrogen and oxygen atoms in total. The van der Waals surface area contributed by atoms with Crippen LogP contribution in [0.5, 0.6) is 0 Å². The number of oxazole rings is 1. The maximum absolute atomic E-state index is 5.93. The average molecular weight is 321 g/mol. The van der Waals surface area contributed by atoms with Crippen molar-refractivity contribution in [3.8, 4) is 11.3 Å². The van der Waals surface area contributed by atoms with Crippen LogP contribution in [0.3, 0.4) is 0 Å². The quantitative estimate of drug-likeness (QED) is 0.723. The van der Waals surface area contributed by atoms with E-state index in [0.29, 0.717) is 16.7 Å². The predicted octanol–water partition coefficient (Wildman–Crippen LogP) is 5.06. The summed E-state index contributed by atoms with van der Waals surface area (Å²) in [4.78, 5) is 4.10. The Morgan fingerprint density at radius 2 is 2.19 bits per heavy atom. The molecule has 1 aromatic heterocycles. The lowest BCUT2D eigenvalue weighted by molar-refractivity contribution is 0.508. The predicted molar refractivity (Wildman–Crippen MR) is 68.9 cm³/mol. The largest absolute Gasteiger partial charge is 0.439 e. The van der Waals surface area contributed by atoms with Crippen LogP contribution in [0.25, 0.3) is 11.3 Å². The van der Waals surface area contributed by atoms with Gasteiger partial charge in [0.15, 0.2) is 5.76 Å². The molecule has 5 heteroatoms. The van der Waals surface area contributed by atoms with Gasteiger partial charge in [-0.15, -0.1) is 11.6 Å². The van der Waals surface area contributed by atoms with Gasteiger partial charge >= 0.3 is 0 Å². The maximum atomic E-state index is 5.93. The fourth-order valence-electron chi connectivity index (χ4n) is 1.28. The lowest BCUT2D eigenvalue weighted by Gasteiger charge is -2.01. The molecule has 0 radical (unpaired) electrons. The van der Waals surface area contributed by atoms with Crippen LogP contribution >= 0.6 is 39.1 Å². The van der Waals surface area contributed by atoms with Crippen LogP contribution in [0.15, 0.2) is 33.3 Å². The van der Waals surface area contributed by atoms with Crippen molar-refractivity contribution in [3.63, 3.8) is 0 Å². The molecule has 0 aliphatic heterocycles. The normalized spacial score (nSPS) is 12.8. The average Bonchev–Trinajstić information content (AvgIpc) is 2.70. The topological polar surface area (TPSA) is 26.0 Å². The Morgan fingerprint density at radius 3 is 2.81 bits per heavy atom. The second kappa shape index (κ2) is 4.78. The Bertz CT molecular complexity index is 510. The van der Waals surface area contributed by atoms with Gasteiger partial charge in [0, 0.05) is 15.1 Å². The van der Waals surface area contributed by atoms with Crippen molar-refractivity contribution < 1.29 is 4.42 Å². The Balaban J connectivity index is 2.46. The summed E-state index contributed by atoms with van der Waals surface area (Å²) in [5.74, 6) is 1.15. The standard InChI is InChI=1S/C11H8BrCl2NO/c1-6(13)11-15-5-10(16-11)8-4-7(14)2-3-9(8)12/h2-6H,1H3. The molecular weight excluding hydrogens is 313 g/mol. The number of rotatable bonds is 2. The van der Waals surface area contributed by atoms with Crippen LogP contribution in [0.1, 0.15) is 18.2 Å². The van der Waals surface area contributed by atoms with Gasteiger partial charge in [-0.25, -0.2) is 4.98 Å². The van der Waals surface area contributed by atoms with E-state index in [9.17, 15) is 0 Å². The van der Waals surface area contributed by atoms with Crippen LogP contribution in [0.2, 0.25) is 5.02 Å². The van der Waals surface area contributed by atoms with Crippen molar-refractivity contribution in [3.05, 3.63) is 39.8 Å². The van der Waals surface area contributed by atoms with Crippen molar-refractivity contribution in [2.75, 3.05) is 0 Å². The summed E-state index contributed by atoms with van der Waals surface area (Å²) < 4.78 is 6.44. The summed E-state index contributed by atoms with van der Waals surface area (Å²) in [6, 6.07) is 5.48. The van der Waals surface area contributed by atoms with E-state index in [-0.39, 0.29) is 5.38 Å². The monoisotopic (exact) mass is 319 g/mol. The van der Waals surface area contributed by atoms with Crippen LogP contribution in [0, 0.1) is 0 Å². The first-order valence-corrected chi connectivity index (χ1v) is 6.24. The molecule has 84 valence electrons. The van der Waals surface area contributed by atoms with Gasteiger partial charge < -0.3 is 4.42 Å². The summed E-state index contributed by atoms with van der Waals surface area (Å²) in [5, 5.41) is 0.404. The van der Waals surface area contributed by atoms with E-state index in [1.807, 2.05) is 19.1 Å². The van der Waals surface area contributed by atoms with Crippen LogP contribution in [-0.4, -0.2) is 4.98 Å². The first-order chi connectivity index (χ1) is 7.58. The Morgan fingerprint density at radius 1 is 1.44 bits per heavy atom. The Labute approximate surface area is 112 Å². The van der Waals surface area contributed by atoms with Gasteiger partial charge in [-0.3, -0.25) is 0 Å². The number of aromatic nitrogens is 1. The zero-order valence-electron chi connectivity index (χ0n) is 8.38. The van der Waals surface area contributed by atoms with Crippen LogP contribution in [0.4, 0.5) is 0 Å². The fourth-order valence-corrected chi connectivity index (χ4v) is 2.00. The summed E-state index contributed by atoms with van der Waals surface area (Å²) in [6.45, 7) is 1.81. The highest BCUT2D eigenvalue weighted by Crippen LogP contribution is 2.32. The maximum Gasteiger partial charge on any atom is 0.212 e. The minimum atomic E-state index is -0.244. The Kier molecular flexibility index (Phi) is 3.57. The number of halogens is 3. The van der Waals surface area contributed by atoms with Crippen molar-refractivity contribution in [1.82, 2.24) is 4.98 Å². The minimum Gasteiger partial charge on any atom is -0.439 e. The molecule has 0 aliphatic rings. The van der Waals surface area contributed by atoms with E-state index < -0.39 is 0 Å². The van der Waals surface area contributed by atoms with Gasteiger partial charge in [0.25, 0.3) is 0 Å². The highest BCUT2D eigenvalue weighted by atomic mass is 79.9. The first kappa shape index (κ1) is 12.0. The van der Waals surface area contributed by atoms with Crippen LogP contribution in [-0.2, 0) is 0 Å². The minimum absolute atomic E-state index is 0.244. The molecule has 16 heavy (non-hydrogen) atoms. The lowest BCUT2D eigenvalue weighted by Crippen LogP contribution is -1.81. The van der Waals surface area contributed by atoms with Crippen molar-refractivity contribution >= 4 is 39.1 Å². The molecule has 1 atom stereocenters. The van der Waals surface area contributed by atoms with Gasteiger partial charge in [0.05, 0.1) is 6.20 Å². The van der Waals surface area contributed by atoms with Gasteiger partial charge in [-0.1, -0.05) is 27.5 Å². The third-order valence-corrected chi connectivity index (χ3v) is 3.17. The van der Waals surface area contributed by atoms with E-state index in [4.69, 9.17) is 27.6 Å². The zero-order chi connectivity index (χ0) is 11.7. The molecular formula is C11H8BrCl2NO. The van der Waals surface area contributed by atoms with E-state index in [0.717, 1.165) is 10.0 Å². The van der Waals surface area contributed by atoms with Crippen molar-refractivity contribution in [1.29, 1.82) is 0 Å². The molecule has 0 bridgehead atoms. The molecule has 0 aliphatic carbocycles. The highest BCUT2D eigenvalue weighted by Gasteiger charge is 2.13. The first-order valence-electron chi connectivity index (χ1n) is 4.63. The molecule has 0 fully saturated rings. The summed E-state index contributed by atoms with van der Waals surface area (Å²) in [6.07, 6.45) is 1.64. The van der Waals surface area contributed by atoms with Crippen molar-refractivity contribution in [2.24, 2.45) is 0 Å². The summed E-state index contributed by atoms with van der Waals surface area (Å²) >= 11 is 15.2. The summed E-state index contributed by atoms with van der Waals surface area (Å²) in [5.41, 5.74) is 0.864. The molecule has 2 aromatic rings. The summed E-state index contributed by atoms with van der Waals surface area (Å²) in [7, 11) is 0. The SMILES string of the molecule is CC(Cl)c1ncc(-c2cc(Cl)ccc2Br)o1. The number of hydrogen-bond acceptors (Lipinski definition) is 2. The molecule has 0 saturated carbocycles. The number of hydrogen-bond donors (Lipinski definition) is 0. The molecule has 1 heterocycles. The number of nitrogens with zero attached hydrogens (tertiary/aromatic N) is 1. The fraction of sp³-hybridized carbons (Fsp3) is 0.182. The lowest BCUT2D eigenvalue weighted by atomic mass is 10.2. The second-order valence-electron chi connectivity index (χ2n) is 3.30. The zero-order valence-corrected chi connectivity index (χ0v) is 11.5. The molecule has 0 saturated heterocycles. The second-order valence-corrected chi connectivity index (χ2v) is 5.25.